The number of carbonyl (C=O) groups excluding carboxylic acids is 2. The summed E-state index contributed by atoms with van der Waals surface area (Å²) in [6.07, 6.45) is -3.47. The van der Waals surface area contributed by atoms with Crippen LogP contribution in [0.5, 0.6) is 11.5 Å². The Morgan fingerprint density at radius 1 is 1.25 bits per heavy atom. The van der Waals surface area contributed by atoms with Gasteiger partial charge in [0.25, 0.3) is 0 Å². The summed E-state index contributed by atoms with van der Waals surface area (Å²) in [5.41, 5.74) is -0.912. The number of aromatic nitrogens is 1. The highest BCUT2D eigenvalue weighted by Crippen LogP contribution is 2.32. The Labute approximate surface area is 181 Å². The van der Waals surface area contributed by atoms with Gasteiger partial charge >= 0.3 is 12.4 Å². The summed E-state index contributed by atoms with van der Waals surface area (Å²) in [5.74, 6) is -0.355. The zero-order valence-corrected chi connectivity index (χ0v) is 17.4. The van der Waals surface area contributed by atoms with Gasteiger partial charge in [0.2, 0.25) is 5.91 Å². The molecule has 172 valence electrons. The van der Waals surface area contributed by atoms with Crippen molar-refractivity contribution < 1.29 is 37.3 Å². The van der Waals surface area contributed by atoms with Gasteiger partial charge < -0.3 is 25.2 Å². The second-order valence-electron chi connectivity index (χ2n) is 7.53. The standard InChI is InChI=1S/C20H21F3N4O5/c1-19(2,30)16(11-4-6-12(7-5-11)32-20(21,22)23)26-18(29)27-10-15(28)25-14-8-13(31-3)9-24-17(14)27/h4-9,16,30H,10H2,1-3H3,(H,25,28)(H,26,29). The Hall–Kier alpha value is -3.54. The number of fused-ring (bicyclic) bond motifs is 1. The van der Waals surface area contributed by atoms with E-state index < -0.39 is 35.7 Å². The fourth-order valence-corrected chi connectivity index (χ4v) is 3.16. The van der Waals surface area contributed by atoms with Crippen LogP contribution in [-0.2, 0) is 4.79 Å². The maximum Gasteiger partial charge on any atom is 0.573 e. The molecule has 1 aliphatic heterocycles. The number of nitrogens with one attached hydrogen (secondary N) is 2. The molecule has 12 heteroatoms. The number of carbonyl (C=O) groups is 2. The number of hydrogen-bond donors (Lipinski definition) is 3. The number of ether oxygens (including phenoxy) is 2. The van der Waals surface area contributed by atoms with Crippen molar-refractivity contribution in [2.45, 2.75) is 31.9 Å². The maximum atomic E-state index is 13.0. The largest absolute Gasteiger partial charge is 0.573 e. The second-order valence-corrected chi connectivity index (χ2v) is 7.53. The summed E-state index contributed by atoms with van der Waals surface area (Å²) in [6.45, 7) is 2.53. The van der Waals surface area contributed by atoms with E-state index in [1.807, 2.05) is 0 Å². The van der Waals surface area contributed by atoms with Crippen LogP contribution in [0.3, 0.4) is 0 Å². The molecule has 0 saturated heterocycles. The molecule has 0 fully saturated rings. The number of amides is 3. The highest BCUT2D eigenvalue weighted by atomic mass is 19.4. The molecule has 0 saturated carbocycles. The third-order valence-corrected chi connectivity index (χ3v) is 4.58. The number of nitrogens with zero attached hydrogens (tertiary/aromatic N) is 2. The van der Waals surface area contributed by atoms with Crippen LogP contribution in [0, 0.1) is 0 Å². The third kappa shape index (κ3) is 5.38. The normalized spacial score (nSPS) is 14.8. The lowest BCUT2D eigenvalue weighted by atomic mass is 9.92. The van der Waals surface area contributed by atoms with E-state index in [1.54, 1.807) is 0 Å². The minimum atomic E-state index is -4.84. The number of urea groups is 1. The molecule has 0 bridgehead atoms. The van der Waals surface area contributed by atoms with Gasteiger partial charge in [0.1, 0.15) is 18.0 Å². The van der Waals surface area contributed by atoms with E-state index in [9.17, 15) is 27.9 Å². The quantitative estimate of drug-likeness (QED) is 0.640. The van der Waals surface area contributed by atoms with Crippen molar-refractivity contribution >= 4 is 23.4 Å². The molecule has 1 aliphatic rings. The van der Waals surface area contributed by atoms with E-state index in [4.69, 9.17) is 4.74 Å². The molecule has 1 aromatic carbocycles. The van der Waals surface area contributed by atoms with Gasteiger partial charge in [-0.2, -0.15) is 0 Å². The Morgan fingerprint density at radius 2 is 1.91 bits per heavy atom. The summed E-state index contributed by atoms with van der Waals surface area (Å²) in [7, 11) is 1.43. The van der Waals surface area contributed by atoms with Gasteiger partial charge in [-0.25, -0.2) is 9.78 Å². The molecule has 3 N–H and O–H groups in total. The van der Waals surface area contributed by atoms with E-state index in [0.29, 0.717) is 11.3 Å². The summed E-state index contributed by atoms with van der Waals surface area (Å²) in [6, 6.07) is 4.49. The van der Waals surface area contributed by atoms with Crippen molar-refractivity contribution in [2.24, 2.45) is 0 Å². The first kappa shape index (κ1) is 23.1. The Balaban J connectivity index is 1.86. The van der Waals surface area contributed by atoms with Crippen LogP contribution >= 0.6 is 0 Å². The number of alkyl halides is 3. The Kier molecular flexibility index (Phi) is 6.17. The van der Waals surface area contributed by atoms with Crippen molar-refractivity contribution in [3.8, 4) is 11.5 Å². The number of hydrogen-bond acceptors (Lipinski definition) is 6. The molecule has 3 rings (SSSR count). The number of benzene rings is 1. The Bertz CT molecular complexity index is 1010. The van der Waals surface area contributed by atoms with E-state index in [2.05, 4.69) is 20.4 Å². The zero-order valence-electron chi connectivity index (χ0n) is 17.4. The van der Waals surface area contributed by atoms with Gasteiger partial charge in [0.15, 0.2) is 5.82 Å². The van der Waals surface area contributed by atoms with Crippen LogP contribution in [0.15, 0.2) is 36.5 Å². The summed E-state index contributed by atoms with van der Waals surface area (Å²) in [5, 5.41) is 15.8. The number of aliphatic hydroxyl groups is 1. The predicted octanol–water partition coefficient (Wildman–Crippen LogP) is 2.97. The summed E-state index contributed by atoms with van der Waals surface area (Å²) >= 11 is 0. The summed E-state index contributed by atoms with van der Waals surface area (Å²) in [4.78, 5) is 30.4. The van der Waals surface area contributed by atoms with Gasteiger partial charge in [0, 0.05) is 6.07 Å². The van der Waals surface area contributed by atoms with Crippen molar-refractivity contribution in [3.63, 3.8) is 0 Å². The van der Waals surface area contributed by atoms with Crippen LogP contribution < -0.4 is 25.0 Å². The molecular weight excluding hydrogens is 433 g/mol. The van der Waals surface area contributed by atoms with Crippen molar-refractivity contribution in [1.82, 2.24) is 10.3 Å². The van der Waals surface area contributed by atoms with Crippen LogP contribution in [0.4, 0.5) is 29.5 Å². The highest BCUT2D eigenvalue weighted by Gasteiger charge is 2.35. The molecule has 1 aromatic heterocycles. The molecule has 3 amide bonds. The monoisotopic (exact) mass is 454 g/mol. The second kappa shape index (κ2) is 8.54. The lowest BCUT2D eigenvalue weighted by Gasteiger charge is -2.34. The lowest BCUT2D eigenvalue weighted by molar-refractivity contribution is -0.274. The van der Waals surface area contributed by atoms with Gasteiger partial charge in [-0.1, -0.05) is 12.1 Å². The number of pyridine rings is 1. The maximum absolute atomic E-state index is 13.0. The van der Waals surface area contributed by atoms with Crippen LogP contribution in [-0.4, -0.2) is 47.6 Å². The lowest BCUT2D eigenvalue weighted by Crippen LogP contribution is -2.51. The van der Waals surface area contributed by atoms with Gasteiger partial charge in [-0.05, 0) is 31.5 Å². The fraction of sp³-hybridized carbons (Fsp3) is 0.350. The molecule has 2 aromatic rings. The average molecular weight is 454 g/mol. The van der Waals surface area contributed by atoms with Crippen molar-refractivity contribution in [1.29, 1.82) is 0 Å². The smallest absolute Gasteiger partial charge is 0.495 e. The van der Waals surface area contributed by atoms with Crippen molar-refractivity contribution in [2.75, 3.05) is 23.9 Å². The number of anilines is 2. The van der Waals surface area contributed by atoms with Gasteiger partial charge in [-0.15, -0.1) is 13.2 Å². The average Bonchev–Trinajstić information content (AvgIpc) is 2.69. The SMILES string of the molecule is COc1cnc2c(c1)NC(=O)CN2C(=O)NC(c1ccc(OC(F)(F)F)cc1)C(C)(C)O. The third-order valence-electron chi connectivity index (χ3n) is 4.58. The predicted molar refractivity (Wildman–Crippen MR) is 107 cm³/mol. The van der Waals surface area contributed by atoms with Gasteiger partial charge in [-0.3, -0.25) is 9.69 Å². The van der Waals surface area contributed by atoms with Crippen molar-refractivity contribution in [3.05, 3.63) is 42.1 Å². The van der Waals surface area contributed by atoms with Crippen LogP contribution in [0.1, 0.15) is 25.5 Å². The minimum absolute atomic E-state index is 0.173. The first-order valence-corrected chi connectivity index (χ1v) is 9.37. The molecule has 0 spiro atoms. The molecule has 1 atom stereocenters. The number of rotatable bonds is 5. The zero-order chi connectivity index (χ0) is 23.7. The minimum Gasteiger partial charge on any atom is -0.495 e. The highest BCUT2D eigenvalue weighted by molar-refractivity contribution is 6.08. The van der Waals surface area contributed by atoms with E-state index >= 15 is 0 Å². The number of methoxy groups -OCH3 is 1. The number of halogens is 3. The molecule has 0 radical (unpaired) electrons. The molecule has 9 nitrogen and oxygen atoms in total. The first-order valence-electron chi connectivity index (χ1n) is 9.37. The van der Waals surface area contributed by atoms with E-state index in [-0.39, 0.29) is 18.1 Å². The van der Waals surface area contributed by atoms with Gasteiger partial charge in [0.05, 0.1) is 30.6 Å². The molecular formula is C20H21F3N4O5. The molecule has 1 unspecified atom stereocenters. The molecule has 0 aliphatic carbocycles. The first-order chi connectivity index (χ1) is 14.9. The molecule has 32 heavy (non-hydrogen) atoms. The molecule has 2 heterocycles. The Morgan fingerprint density at radius 3 is 2.47 bits per heavy atom. The summed E-state index contributed by atoms with van der Waals surface area (Å²) < 4.78 is 46.1. The van der Waals surface area contributed by atoms with Crippen LogP contribution in [0.2, 0.25) is 0 Å². The van der Waals surface area contributed by atoms with E-state index in [1.165, 1.54) is 45.4 Å². The topological polar surface area (TPSA) is 113 Å². The fourth-order valence-electron chi connectivity index (χ4n) is 3.16. The van der Waals surface area contributed by atoms with E-state index in [0.717, 1.165) is 17.0 Å². The van der Waals surface area contributed by atoms with Crippen LogP contribution in [0.25, 0.3) is 0 Å².